The van der Waals surface area contributed by atoms with Crippen LogP contribution in [0.5, 0.6) is 0 Å². The van der Waals surface area contributed by atoms with Crippen LogP contribution < -0.4 is 10.6 Å². The average molecular weight is 340 g/mol. The number of amides is 2. The number of carbonyl (C=O) groups excluding carboxylic acids is 2. The van der Waals surface area contributed by atoms with Crippen LogP contribution in [0.1, 0.15) is 28.4 Å². The maximum atomic E-state index is 12.1. The Morgan fingerprint density at radius 1 is 0.960 bits per heavy atom. The number of hydrogen-bond donors (Lipinski definition) is 2. The molecule has 0 saturated carbocycles. The van der Waals surface area contributed by atoms with Crippen molar-refractivity contribution in [3.63, 3.8) is 0 Å². The number of ether oxygens (including phenoxy) is 1. The van der Waals surface area contributed by atoms with Gasteiger partial charge in [0.2, 0.25) is 0 Å². The lowest BCUT2D eigenvalue weighted by Gasteiger charge is -2.18. The third-order valence-electron chi connectivity index (χ3n) is 4.24. The van der Waals surface area contributed by atoms with Gasteiger partial charge in [0.05, 0.1) is 6.10 Å². The molecular formula is C20H24N2O3. The number of nitrogens with one attached hydrogen (secondary N) is 2. The molecule has 0 aliphatic carbocycles. The van der Waals surface area contributed by atoms with Gasteiger partial charge in [-0.25, -0.2) is 0 Å². The predicted molar refractivity (Wildman–Crippen MR) is 98.5 cm³/mol. The Labute approximate surface area is 148 Å². The van der Waals surface area contributed by atoms with Crippen molar-refractivity contribution >= 4 is 17.5 Å². The number of anilines is 1. The van der Waals surface area contributed by atoms with E-state index in [0.717, 1.165) is 22.3 Å². The van der Waals surface area contributed by atoms with Crippen LogP contribution in [0, 0.1) is 20.8 Å². The first kappa shape index (κ1) is 18.7. The number of carbonyl (C=O) groups is 2. The zero-order valence-corrected chi connectivity index (χ0v) is 15.1. The molecule has 132 valence electrons. The summed E-state index contributed by atoms with van der Waals surface area (Å²) in [7, 11) is 1.58. The summed E-state index contributed by atoms with van der Waals surface area (Å²) in [6.45, 7) is 6.15. The van der Waals surface area contributed by atoms with Crippen molar-refractivity contribution in [2.24, 2.45) is 0 Å². The lowest BCUT2D eigenvalue weighted by atomic mass is 10.0. The molecule has 0 heterocycles. The van der Waals surface area contributed by atoms with Crippen LogP contribution in [-0.2, 0) is 14.3 Å². The lowest BCUT2D eigenvalue weighted by molar-refractivity contribution is -0.136. The fraction of sp³-hybridized carbons (Fsp3) is 0.300. The molecule has 2 N–H and O–H groups in total. The van der Waals surface area contributed by atoms with Gasteiger partial charge in [-0.3, -0.25) is 9.59 Å². The fourth-order valence-electron chi connectivity index (χ4n) is 2.54. The van der Waals surface area contributed by atoms with Crippen LogP contribution in [0.4, 0.5) is 5.69 Å². The first-order chi connectivity index (χ1) is 11.9. The molecule has 0 spiro atoms. The SMILES string of the molecule is COC(CNC(=O)C(=O)Nc1ccc(C)c(C)c1)c1ccccc1C. The summed E-state index contributed by atoms with van der Waals surface area (Å²) in [5.74, 6) is -1.38. The van der Waals surface area contributed by atoms with Crippen LogP contribution in [0.15, 0.2) is 42.5 Å². The van der Waals surface area contributed by atoms with E-state index in [9.17, 15) is 9.59 Å². The molecule has 0 saturated heterocycles. The van der Waals surface area contributed by atoms with E-state index in [4.69, 9.17) is 4.74 Å². The van der Waals surface area contributed by atoms with Crippen LogP contribution in [0.3, 0.4) is 0 Å². The molecule has 0 aromatic heterocycles. The van der Waals surface area contributed by atoms with Crippen LogP contribution >= 0.6 is 0 Å². The molecule has 0 bridgehead atoms. The Morgan fingerprint density at radius 2 is 1.68 bits per heavy atom. The van der Waals surface area contributed by atoms with E-state index in [1.165, 1.54) is 0 Å². The molecule has 0 fully saturated rings. The standard InChI is InChI=1S/C20H24N2O3/c1-13-9-10-16(11-15(13)3)22-20(24)19(23)21-12-18(25-4)17-8-6-5-7-14(17)2/h5-11,18H,12H2,1-4H3,(H,21,23)(H,22,24). The van der Waals surface area contributed by atoms with E-state index < -0.39 is 11.8 Å². The second kappa shape index (κ2) is 8.44. The zero-order chi connectivity index (χ0) is 18.4. The summed E-state index contributed by atoms with van der Waals surface area (Å²) in [5, 5.41) is 5.24. The average Bonchev–Trinajstić information content (AvgIpc) is 2.59. The van der Waals surface area contributed by atoms with Crippen LogP contribution in [-0.4, -0.2) is 25.5 Å². The predicted octanol–water partition coefficient (Wildman–Crippen LogP) is 3.05. The van der Waals surface area contributed by atoms with Gasteiger partial charge >= 0.3 is 11.8 Å². The summed E-state index contributed by atoms with van der Waals surface area (Å²) < 4.78 is 5.45. The molecule has 1 unspecified atom stereocenters. The molecule has 2 aromatic rings. The van der Waals surface area contributed by atoms with Gasteiger partial charge in [-0.05, 0) is 55.2 Å². The summed E-state index contributed by atoms with van der Waals surface area (Å²) in [6, 6.07) is 13.3. The molecule has 25 heavy (non-hydrogen) atoms. The van der Waals surface area contributed by atoms with E-state index in [0.29, 0.717) is 5.69 Å². The van der Waals surface area contributed by atoms with Gasteiger partial charge in [0.1, 0.15) is 0 Å². The highest BCUT2D eigenvalue weighted by Crippen LogP contribution is 2.19. The van der Waals surface area contributed by atoms with Crippen LogP contribution in [0.25, 0.3) is 0 Å². The minimum atomic E-state index is -0.692. The summed E-state index contributed by atoms with van der Waals surface area (Å²) in [4.78, 5) is 24.1. The first-order valence-corrected chi connectivity index (χ1v) is 8.17. The van der Waals surface area contributed by atoms with Crippen molar-refractivity contribution in [3.05, 3.63) is 64.7 Å². The Balaban J connectivity index is 1.95. The van der Waals surface area contributed by atoms with Gasteiger partial charge in [0, 0.05) is 19.3 Å². The largest absolute Gasteiger partial charge is 0.375 e. The van der Waals surface area contributed by atoms with Crippen LogP contribution in [0.2, 0.25) is 0 Å². The molecule has 2 rings (SSSR count). The zero-order valence-electron chi connectivity index (χ0n) is 15.1. The van der Waals surface area contributed by atoms with E-state index in [1.807, 2.05) is 57.2 Å². The monoisotopic (exact) mass is 340 g/mol. The van der Waals surface area contributed by atoms with Gasteiger partial charge in [-0.15, -0.1) is 0 Å². The topological polar surface area (TPSA) is 67.4 Å². The molecule has 5 nitrogen and oxygen atoms in total. The van der Waals surface area contributed by atoms with E-state index in [1.54, 1.807) is 13.2 Å². The fourth-order valence-corrected chi connectivity index (χ4v) is 2.54. The van der Waals surface area contributed by atoms with Gasteiger partial charge < -0.3 is 15.4 Å². The third kappa shape index (κ3) is 4.90. The maximum Gasteiger partial charge on any atom is 0.313 e. The van der Waals surface area contributed by atoms with Gasteiger partial charge in [-0.1, -0.05) is 30.3 Å². The molecule has 2 aromatic carbocycles. The molecule has 2 amide bonds. The van der Waals surface area contributed by atoms with Gasteiger partial charge in [0.15, 0.2) is 0 Å². The third-order valence-corrected chi connectivity index (χ3v) is 4.24. The summed E-state index contributed by atoms with van der Waals surface area (Å²) in [6.07, 6.45) is -0.306. The highest BCUT2D eigenvalue weighted by Gasteiger charge is 2.18. The second-order valence-electron chi connectivity index (χ2n) is 6.04. The minimum absolute atomic E-state index is 0.223. The maximum absolute atomic E-state index is 12.1. The van der Waals surface area contributed by atoms with Crippen molar-refractivity contribution in [2.75, 3.05) is 19.0 Å². The van der Waals surface area contributed by atoms with E-state index in [2.05, 4.69) is 10.6 Å². The molecule has 5 heteroatoms. The van der Waals surface area contributed by atoms with Crippen molar-refractivity contribution in [2.45, 2.75) is 26.9 Å². The Kier molecular flexibility index (Phi) is 6.31. The Hall–Kier alpha value is -2.66. The molecule has 0 aliphatic rings. The highest BCUT2D eigenvalue weighted by molar-refractivity contribution is 6.39. The second-order valence-corrected chi connectivity index (χ2v) is 6.04. The number of benzene rings is 2. The molecule has 0 aliphatic heterocycles. The van der Waals surface area contributed by atoms with Crippen molar-refractivity contribution < 1.29 is 14.3 Å². The minimum Gasteiger partial charge on any atom is -0.375 e. The number of rotatable bonds is 5. The van der Waals surface area contributed by atoms with Crippen molar-refractivity contribution in [3.8, 4) is 0 Å². The molecule has 0 radical (unpaired) electrons. The molecular weight excluding hydrogens is 316 g/mol. The number of methoxy groups -OCH3 is 1. The summed E-state index contributed by atoms with van der Waals surface area (Å²) >= 11 is 0. The number of aryl methyl sites for hydroxylation is 3. The van der Waals surface area contributed by atoms with Crippen molar-refractivity contribution in [1.82, 2.24) is 5.32 Å². The van der Waals surface area contributed by atoms with E-state index in [-0.39, 0.29) is 12.6 Å². The number of hydrogen-bond acceptors (Lipinski definition) is 3. The van der Waals surface area contributed by atoms with Gasteiger partial charge in [0.25, 0.3) is 0 Å². The normalized spacial score (nSPS) is 11.7. The Morgan fingerprint density at radius 3 is 2.32 bits per heavy atom. The highest BCUT2D eigenvalue weighted by atomic mass is 16.5. The van der Waals surface area contributed by atoms with Gasteiger partial charge in [-0.2, -0.15) is 0 Å². The summed E-state index contributed by atoms with van der Waals surface area (Å²) in [5.41, 5.74) is 4.84. The lowest BCUT2D eigenvalue weighted by Crippen LogP contribution is -2.38. The van der Waals surface area contributed by atoms with E-state index >= 15 is 0 Å². The quantitative estimate of drug-likeness (QED) is 0.822. The first-order valence-electron chi connectivity index (χ1n) is 8.17. The van der Waals surface area contributed by atoms with Crippen molar-refractivity contribution in [1.29, 1.82) is 0 Å². The smallest absolute Gasteiger partial charge is 0.313 e. The Bertz CT molecular complexity index is 771. The molecule has 1 atom stereocenters.